The molecule has 5 nitrogen and oxygen atoms in total. The number of hydrogen-bond donors (Lipinski definition) is 2. The molecule has 0 spiro atoms. The van der Waals surface area contributed by atoms with Crippen LogP contribution in [0.4, 0.5) is 4.39 Å². The van der Waals surface area contributed by atoms with Gasteiger partial charge in [0.1, 0.15) is 11.4 Å². The maximum absolute atomic E-state index is 13.8. The van der Waals surface area contributed by atoms with Gasteiger partial charge in [-0.2, -0.15) is 0 Å². The summed E-state index contributed by atoms with van der Waals surface area (Å²) in [6.07, 6.45) is 3.55. The molecular weight excluding hydrogens is 347 g/mol. The molecule has 2 aromatic heterocycles. The predicted octanol–water partition coefficient (Wildman–Crippen LogP) is 3.45. The van der Waals surface area contributed by atoms with Crippen LogP contribution in [0.15, 0.2) is 41.3 Å². The maximum Gasteiger partial charge on any atom is 0.341 e. The summed E-state index contributed by atoms with van der Waals surface area (Å²) in [7, 11) is 0. The van der Waals surface area contributed by atoms with Gasteiger partial charge in [0.25, 0.3) is 5.56 Å². The van der Waals surface area contributed by atoms with E-state index in [1.807, 2.05) is 6.92 Å². The lowest BCUT2D eigenvalue weighted by Gasteiger charge is -2.16. The second-order valence-corrected chi connectivity index (χ2v) is 6.98. The van der Waals surface area contributed by atoms with Gasteiger partial charge in [0.15, 0.2) is 0 Å². The molecule has 0 saturated heterocycles. The largest absolute Gasteiger partial charge is 0.477 e. The van der Waals surface area contributed by atoms with Gasteiger partial charge in [-0.3, -0.25) is 9.20 Å². The number of rotatable bonds is 4. The molecule has 1 fully saturated rings. The van der Waals surface area contributed by atoms with Crippen molar-refractivity contribution in [2.24, 2.45) is 5.73 Å². The first kappa shape index (κ1) is 17.4. The Kier molecular flexibility index (Phi) is 4.08. The number of carbonyl (C=O) groups is 1. The second-order valence-electron chi connectivity index (χ2n) is 6.98. The number of benzene rings is 1. The fraction of sp³-hybridized carbons (Fsp3) is 0.238. The number of halogens is 1. The Balaban J connectivity index is 2.02. The molecule has 27 heavy (non-hydrogen) atoms. The van der Waals surface area contributed by atoms with E-state index in [0.29, 0.717) is 5.56 Å². The first-order valence-corrected chi connectivity index (χ1v) is 8.83. The fourth-order valence-electron chi connectivity index (χ4n) is 3.67. The molecule has 0 radical (unpaired) electrons. The number of aromatic carboxylic acids is 1. The predicted molar refractivity (Wildman–Crippen MR) is 101 cm³/mol. The van der Waals surface area contributed by atoms with Crippen LogP contribution in [-0.4, -0.2) is 15.5 Å². The SMILES string of the molecule is Cc1c(-c2ccc(F)c(CN)c2)ccn2c(=O)c(C(=O)O)cc(C3CC3)c12. The molecule has 0 unspecified atom stereocenters. The van der Waals surface area contributed by atoms with Gasteiger partial charge in [-0.15, -0.1) is 0 Å². The summed E-state index contributed by atoms with van der Waals surface area (Å²) < 4.78 is 15.2. The number of nitrogens with two attached hydrogens (primary N) is 1. The first-order chi connectivity index (χ1) is 12.9. The topological polar surface area (TPSA) is 84.8 Å². The van der Waals surface area contributed by atoms with E-state index in [1.54, 1.807) is 24.4 Å². The molecule has 1 aromatic carbocycles. The van der Waals surface area contributed by atoms with Gasteiger partial charge in [0, 0.05) is 18.3 Å². The zero-order valence-electron chi connectivity index (χ0n) is 14.8. The highest BCUT2D eigenvalue weighted by Crippen LogP contribution is 2.43. The van der Waals surface area contributed by atoms with E-state index in [0.717, 1.165) is 40.6 Å². The van der Waals surface area contributed by atoms with Crippen LogP contribution in [0.3, 0.4) is 0 Å². The molecular formula is C21H19FN2O3. The molecule has 3 aromatic rings. The summed E-state index contributed by atoms with van der Waals surface area (Å²) in [5.74, 6) is -1.30. The van der Waals surface area contributed by atoms with Crippen molar-refractivity contribution < 1.29 is 14.3 Å². The minimum atomic E-state index is -1.22. The molecule has 1 aliphatic carbocycles. The first-order valence-electron chi connectivity index (χ1n) is 8.83. The summed E-state index contributed by atoms with van der Waals surface area (Å²) in [5.41, 5.74) is 9.46. The van der Waals surface area contributed by atoms with Crippen molar-refractivity contribution in [1.29, 1.82) is 0 Å². The van der Waals surface area contributed by atoms with Crippen molar-refractivity contribution in [2.75, 3.05) is 0 Å². The van der Waals surface area contributed by atoms with Crippen molar-refractivity contribution in [1.82, 2.24) is 4.40 Å². The molecule has 1 aliphatic rings. The summed E-state index contributed by atoms with van der Waals surface area (Å²) in [4.78, 5) is 24.1. The van der Waals surface area contributed by atoms with Crippen LogP contribution in [0, 0.1) is 12.7 Å². The summed E-state index contributed by atoms with van der Waals surface area (Å²) in [6.45, 7) is 2.00. The molecule has 6 heteroatoms. The molecule has 0 atom stereocenters. The zero-order chi connectivity index (χ0) is 19.3. The van der Waals surface area contributed by atoms with Crippen LogP contribution in [0.25, 0.3) is 16.6 Å². The van der Waals surface area contributed by atoms with E-state index in [9.17, 15) is 19.1 Å². The van der Waals surface area contributed by atoms with E-state index in [2.05, 4.69) is 0 Å². The van der Waals surface area contributed by atoms with Crippen LogP contribution in [0.1, 0.15) is 45.8 Å². The lowest BCUT2D eigenvalue weighted by atomic mass is 9.95. The van der Waals surface area contributed by atoms with E-state index < -0.39 is 11.5 Å². The highest BCUT2D eigenvalue weighted by Gasteiger charge is 2.29. The Morgan fingerprint density at radius 1 is 1.30 bits per heavy atom. The van der Waals surface area contributed by atoms with Crippen molar-refractivity contribution >= 4 is 11.5 Å². The Labute approximate surface area is 154 Å². The average molecular weight is 366 g/mol. The fourth-order valence-corrected chi connectivity index (χ4v) is 3.67. The van der Waals surface area contributed by atoms with E-state index >= 15 is 0 Å². The minimum absolute atomic E-state index is 0.0983. The molecule has 0 bridgehead atoms. The third-order valence-electron chi connectivity index (χ3n) is 5.24. The summed E-state index contributed by atoms with van der Waals surface area (Å²) >= 11 is 0. The van der Waals surface area contributed by atoms with Crippen molar-refractivity contribution in [3.63, 3.8) is 0 Å². The van der Waals surface area contributed by atoms with E-state index in [1.165, 1.54) is 16.5 Å². The number of carboxylic acid groups (broad SMARTS) is 1. The Morgan fingerprint density at radius 3 is 2.67 bits per heavy atom. The number of fused-ring (bicyclic) bond motifs is 1. The normalized spacial score (nSPS) is 13.9. The van der Waals surface area contributed by atoms with Gasteiger partial charge in [-0.05, 0) is 72.2 Å². The quantitative estimate of drug-likeness (QED) is 0.741. The lowest BCUT2D eigenvalue weighted by molar-refractivity contribution is 0.0694. The number of aromatic nitrogens is 1. The van der Waals surface area contributed by atoms with Crippen LogP contribution < -0.4 is 11.3 Å². The van der Waals surface area contributed by atoms with Crippen molar-refractivity contribution in [3.05, 3.63) is 75.0 Å². The highest BCUT2D eigenvalue weighted by molar-refractivity contribution is 5.89. The van der Waals surface area contributed by atoms with Crippen molar-refractivity contribution in [3.8, 4) is 11.1 Å². The molecule has 2 heterocycles. The number of hydrogen-bond acceptors (Lipinski definition) is 3. The minimum Gasteiger partial charge on any atom is -0.477 e. The Bertz CT molecular complexity index is 1150. The maximum atomic E-state index is 13.8. The highest BCUT2D eigenvalue weighted by atomic mass is 19.1. The Morgan fingerprint density at radius 2 is 2.04 bits per heavy atom. The smallest absolute Gasteiger partial charge is 0.341 e. The third-order valence-corrected chi connectivity index (χ3v) is 5.24. The third kappa shape index (κ3) is 2.82. The second kappa shape index (κ2) is 6.32. The standard InChI is InChI=1S/C21H19FN2O3/c1-11-15(13-4-5-18(22)14(8-13)10-23)6-7-24-19(11)16(12-2-3-12)9-17(20(24)25)21(26)27/h4-9,12H,2-3,10,23H2,1H3,(H,26,27). The average Bonchev–Trinajstić information content (AvgIpc) is 3.48. The summed E-state index contributed by atoms with van der Waals surface area (Å²) in [5, 5.41) is 9.38. The van der Waals surface area contributed by atoms with Crippen LogP contribution in [0.2, 0.25) is 0 Å². The van der Waals surface area contributed by atoms with Crippen LogP contribution in [0.5, 0.6) is 0 Å². The number of carboxylic acids is 1. The van der Waals surface area contributed by atoms with Gasteiger partial charge < -0.3 is 10.8 Å². The molecule has 1 saturated carbocycles. The van der Waals surface area contributed by atoms with Gasteiger partial charge in [0.2, 0.25) is 0 Å². The van der Waals surface area contributed by atoms with Gasteiger partial charge in [-0.25, -0.2) is 9.18 Å². The van der Waals surface area contributed by atoms with Gasteiger partial charge in [0.05, 0.1) is 5.52 Å². The molecule has 4 rings (SSSR count). The number of aryl methyl sites for hydroxylation is 1. The summed E-state index contributed by atoms with van der Waals surface area (Å²) in [6, 6.07) is 8.08. The van der Waals surface area contributed by atoms with Crippen LogP contribution in [-0.2, 0) is 6.54 Å². The Hall–Kier alpha value is -2.99. The van der Waals surface area contributed by atoms with Gasteiger partial charge in [-0.1, -0.05) is 6.07 Å². The van der Waals surface area contributed by atoms with Crippen LogP contribution >= 0.6 is 0 Å². The molecule has 138 valence electrons. The van der Waals surface area contributed by atoms with Gasteiger partial charge >= 0.3 is 5.97 Å². The number of nitrogens with zero attached hydrogens (tertiary/aromatic N) is 1. The molecule has 3 N–H and O–H groups in total. The van der Waals surface area contributed by atoms with E-state index in [-0.39, 0.29) is 23.8 Å². The zero-order valence-corrected chi connectivity index (χ0v) is 14.8. The van der Waals surface area contributed by atoms with Crippen molar-refractivity contribution in [2.45, 2.75) is 32.2 Å². The number of pyridine rings is 2. The molecule has 0 aliphatic heterocycles. The molecule has 0 amide bonds. The van der Waals surface area contributed by atoms with E-state index in [4.69, 9.17) is 5.73 Å². The lowest BCUT2D eigenvalue weighted by Crippen LogP contribution is -2.23. The monoisotopic (exact) mass is 366 g/mol.